The van der Waals surface area contributed by atoms with Crippen LogP contribution in [0.5, 0.6) is 11.5 Å². The highest BCUT2D eigenvalue weighted by atomic mass is 16.5. The van der Waals surface area contributed by atoms with Crippen LogP contribution in [0, 0.1) is 0 Å². The van der Waals surface area contributed by atoms with Gasteiger partial charge in [0.2, 0.25) is 5.89 Å². The van der Waals surface area contributed by atoms with Crippen molar-refractivity contribution < 1.29 is 14.0 Å². The van der Waals surface area contributed by atoms with Crippen molar-refractivity contribution in [2.45, 2.75) is 70.3 Å². The molecule has 176 valence electrons. The van der Waals surface area contributed by atoms with E-state index < -0.39 is 0 Å². The third-order valence-corrected chi connectivity index (χ3v) is 6.15. The first-order valence-corrected chi connectivity index (χ1v) is 11.3. The fourth-order valence-corrected chi connectivity index (χ4v) is 4.23. The van der Waals surface area contributed by atoms with E-state index in [1.165, 1.54) is 24.8 Å². The van der Waals surface area contributed by atoms with Crippen LogP contribution in [0.3, 0.4) is 0 Å². The van der Waals surface area contributed by atoms with Gasteiger partial charge in [0.1, 0.15) is 0 Å². The molecule has 1 heterocycles. The van der Waals surface area contributed by atoms with E-state index >= 15 is 0 Å². The average Bonchev–Trinajstić information content (AvgIpc) is 3.29. The first-order chi connectivity index (χ1) is 15.3. The minimum absolute atomic E-state index is 0.0148. The van der Waals surface area contributed by atoms with Crippen LogP contribution in [-0.4, -0.2) is 43.9 Å². The molecule has 0 unspecified atom stereocenters. The second-order valence-electron chi connectivity index (χ2n) is 9.46. The number of rotatable bonds is 7. The molecule has 0 amide bonds. The van der Waals surface area contributed by atoms with Crippen molar-refractivity contribution in [2.75, 3.05) is 27.8 Å². The normalized spacial score (nSPS) is 16.5. The van der Waals surface area contributed by atoms with Crippen molar-refractivity contribution in [3.8, 4) is 11.5 Å². The van der Waals surface area contributed by atoms with E-state index in [0.29, 0.717) is 18.3 Å². The number of aliphatic imine (C=N–C) groups is 1. The quantitative estimate of drug-likeness (QED) is 0.494. The van der Waals surface area contributed by atoms with E-state index in [0.717, 1.165) is 36.8 Å². The highest BCUT2D eigenvalue weighted by molar-refractivity contribution is 5.79. The number of nitrogens with one attached hydrogen (secondary N) is 2. The monoisotopic (exact) mass is 443 g/mol. The molecule has 1 aromatic carbocycles. The van der Waals surface area contributed by atoms with Crippen LogP contribution in [0.2, 0.25) is 0 Å². The van der Waals surface area contributed by atoms with Crippen LogP contribution >= 0.6 is 0 Å². The first-order valence-electron chi connectivity index (χ1n) is 11.3. The second-order valence-corrected chi connectivity index (χ2v) is 9.46. The predicted octanol–water partition coefficient (Wildman–Crippen LogP) is 3.95. The molecule has 8 nitrogen and oxygen atoms in total. The molecule has 0 bridgehead atoms. The number of methoxy groups -OCH3 is 2. The van der Waals surface area contributed by atoms with Gasteiger partial charge in [-0.2, -0.15) is 4.98 Å². The summed E-state index contributed by atoms with van der Waals surface area (Å²) < 4.78 is 16.4. The van der Waals surface area contributed by atoms with Gasteiger partial charge in [-0.3, -0.25) is 4.99 Å². The Balaban J connectivity index is 1.70. The van der Waals surface area contributed by atoms with E-state index in [9.17, 15) is 0 Å². The molecule has 0 atom stereocenters. The summed E-state index contributed by atoms with van der Waals surface area (Å²) in [5.74, 6) is 3.49. The summed E-state index contributed by atoms with van der Waals surface area (Å²) in [6.45, 7) is 7.38. The molecule has 0 spiro atoms. The van der Waals surface area contributed by atoms with Crippen molar-refractivity contribution in [3.63, 3.8) is 0 Å². The summed E-state index contributed by atoms with van der Waals surface area (Å²) in [6, 6.07) is 6.29. The van der Waals surface area contributed by atoms with Crippen LogP contribution in [0.4, 0.5) is 0 Å². The number of benzene rings is 1. The Morgan fingerprint density at radius 1 is 1.09 bits per heavy atom. The number of hydrogen-bond acceptors (Lipinski definition) is 6. The van der Waals surface area contributed by atoms with Crippen LogP contribution < -0.4 is 20.1 Å². The first kappa shape index (κ1) is 23.9. The summed E-state index contributed by atoms with van der Waals surface area (Å²) in [7, 11) is 5.12. The number of hydrogen-bond donors (Lipinski definition) is 2. The van der Waals surface area contributed by atoms with Gasteiger partial charge < -0.3 is 24.6 Å². The third-order valence-electron chi connectivity index (χ3n) is 6.15. The van der Waals surface area contributed by atoms with Gasteiger partial charge in [0.05, 0.1) is 20.8 Å². The number of nitrogens with zero attached hydrogens (tertiary/aromatic N) is 3. The van der Waals surface area contributed by atoms with E-state index in [2.05, 4.69) is 58.7 Å². The molecule has 0 saturated heterocycles. The van der Waals surface area contributed by atoms with Crippen molar-refractivity contribution in [1.82, 2.24) is 20.8 Å². The molecule has 3 rings (SSSR count). The largest absolute Gasteiger partial charge is 0.493 e. The molecule has 32 heavy (non-hydrogen) atoms. The maximum atomic E-state index is 5.57. The van der Waals surface area contributed by atoms with E-state index in [-0.39, 0.29) is 10.8 Å². The van der Waals surface area contributed by atoms with E-state index in [1.807, 2.05) is 6.07 Å². The van der Waals surface area contributed by atoms with E-state index in [1.54, 1.807) is 21.3 Å². The zero-order chi connectivity index (χ0) is 23.2. The summed E-state index contributed by atoms with van der Waals surface area (Å²) >= 11 is 0. The van der Waals surface area contributed by atoms with Gasteiger partial charge in [-0.05, 0) is 30.5 Å². The minimum Gasteiger partial charge on any atom is -0.493 e. The molecule has 8 heteroatoms. The minimum atomic E-state index is -0.169. The summed E-state index contributed by atoms with van der Waals surface area (Å²) in [5.41, 5.74) is 1.12. The van der Waals surface area contributed by atoms with Crippen molar-refractivity contribution in [1.29, 1.82) is 0 Å². The lowest BCUT2D eigenvalue weighted by molar-refractivity contribution is 0.288. The third kappa shape index (κ3) is 5.53. The summed E-state index contributed by atoms with van der Waals surface area (Å²) in [5, 5.41) is 10.9. The summed E-state index contributed by atoms with van der Waals surface area (Å²) in [4.78, 5) is 8.88. The fraction of sp³-hybridized carbons (Fsp3) is 0.625. The van der Waals surface area contributed by atoms with Gasteiger partial charge in [-0.25, -0.2) is 0 Å². The zero-order valence-electron chi connectivity index (χ0n) is 20.2. The maximum Gasteiger partial charge on any atom is 0.232 e. The molecule has 1 aliphatic carbocycles. The Hall–Kier alpha value is -2.77. The summed E-state index contributed by atoms with van der Waals surface area (Å²) in [6.07, 6.45) is 5.93. The SMILES string of the molecule is CN=C(NCc1noc(C(C)(C)C)n1)NCC1(c2ccc(OC)c(OC)c2)CCCCC1. The van der Waals surface area contributed by atoms with Crippen LogP contribution in [0.25, 0.3) is 0 Å². The molecule has 1 fully saturated rings. The predicted molar refractivity (Wildman–Crippen MR) is 126 cm³/mol. The maximum absolute atomic E-state index is 5.57. The fourth-order valence-electron chi connectivity index (χ4n) is 4.23. The molecule has 1 saturated carbocycles. The van der Waals surface area contributed by atoms with Gasteiger partial charge in [0, 0.05) is 24.4 Å². The molecule has 2 aromatic rings. The Morgan fingerprint density at radius 3 is 2.41 bits per heavy atom. The second kappa shape index (κ2) is 10.2. The van der Waals surface area contributed by atoms with E-state index in [4.69, 9.17) is 14.0 Å². The molecule has 1 aromatic heterocycles. The molecular weight excluding hydrogens is 406 g/mol. The van der Waals surface area contributed by atoms with Crippen molar-refractivity contribution >= 4 is 5.96 Å². The van der Waals surface area contributed by atoms with Gasteiger partial charge in [0.25, 0.3) is 0 Å². The Morgan fingerprint density at radius 2 is 1.81 bits per heavy atom. The Labute approximate surface area is 191 Å². The number of guanidine groups is 1. The Kier molecular flexibility index (Phi) is 7.64. The van der Waals surface area contributed by atoms with Crippen LogP contribution in [0.15, 0.2) is 27.7 Å². The van der Waals surface area contributed by atoms with Crippen molar-refractivity contribution in [2.24, 2.45) is 4.99 Å². The lowest BCUT2D eigenvalue weighted by Gasteiger charge is -2.38. The molecule has 1 aliphatic rings. The lowest BCUT2D eigenvalue weighted by atomic mass is 9.69. The number of aromatic nitrogens is 2. The molecule has 0 radical (unpaired) electrons. The lowest BCUT2D eigenvalue weighted by Crippen LogP contribution is -2.46. The smallest absolute Gasteiger partial charge is 0.232 e. The van der Waals surface area contributed by atoms with Crippen molar-refractivity contribution in [3.05, 3.63) is 35.5 Å². The molecule has 0 aliphatic heterocycles. The number of ether oxygens (including phenoxy) is 2. The molecular formula is C24H37N5O3. The average molecular weight is 444 g/mol. The highest BCUT2D eigenvalue weighted by Crippen LogP contribution is 2.42. The van der Waals surface area contributed by atoms with Crippen LogP contribution in [-0.2, 0) is 17.4 Å². The molecule has 2 N–H and O–H groups in total. The van der Waals surface area contributed by atoms with Gasteiger partial charge in [-0.15, -0.1) is 0 Å². The standard InChI is InChI=1S/C24H37N5O3/c1-23(2,3)21-28-20(29-32-21)15-26-22(25-4)27-16-24(12-8-7-9-13-24)17-10-11-18(30-5)19(14-17)31-6/h10-11,14H,7-9,12-13,15-16H2,1-6H3,(H2,25,26,27). The topological polar surface area (TPSA) is 93.8 Å². The van der Waals surface area contributed by atoms with Gasteiger partial charge in [-0.1, -0.05) is 51.3 Å². The Bertz CT molecular complexity index is 911. The highest BCUT2D eigenvalue weighted by Gasteiger charge is 2.35. The van der Waals surface area contributed by atoms with Gasteiger partial charge in [0.15, 0.2) is 23.3 Å². The van der Waals surface area contributed by atoms with Gasteiger partial charge >= 0.3 is 0 Å². The van der Waals surface area contributed by atoms with Crippen LogP contribution in [0.1, 0.15) is 70.2 Å². The zero-order valence-corrected chi connectivity index (χ0v) is 20.2.